The Bertz CT molecular complexity index is 195. The zero-order valence-corrected chi connectivity index (χ0v) is 8.78. The predicted molar refractivity (Wildman–Crippen MR) is 50.0 cm³/mol. The smallest absolute Gasteiger partial charge is 0.186 e. The average Bonchev–Trinajstić information content (AvgIpc) is 2.18. The summed E-state index contributed by atoms with van der Waals surface area (Å²) in [6.07, 6.45) is -6.15. The van der Waals surface area contributed by atoms with Gasteiger partial charge in [-0.2, -0.15) is 0 Å². The van der Waals surface area contributed by atoms with Gasteiger partial charge in [-0.1, -0.05) is 0 Å². The van der Waals surface area contributed by atoms with Gasteiger partial charge < -0.3 is 29.9 Å². The van der Waals surface area contributed by atoms with Gasteiger partial charge in [0.25, 0.3) is 0 Å². The molecule has 1 rings (SSSR count). The monoisotopic (exact) mass is 222 g/mol. The van der Waals surface area contributed by atoms with Crippen molar-refractivity contribution in [2.75, 3.05) is 6.61 Å². The summed E-state index contributed by atoms with van der Waals surface area (Å²) >= 11 is 0. The van der Waals surface area contributed by atoms with Gasteiger partial charge in [-0.3, -0.25) is 0 Å². The van der Waals surface area contributed by atoms with Crippen LogP contribution < -0.4 is 0 Å². The largest absolute Gasteiger partial charge is 0.394 e. The van der Waals surface area contributed by atoms with Crippen molar-refractivity contribution in [3.63, 3.8) is 0 Å². The Hall–Kier alpha value is -0.240. The number of hydrogen-bond donors (Lipinski definition) is 4. The molecule has 0 saturated carbocycles. The zero-order valence-electron chi connectivity index (χ0n) is 8.78. The summed E-state index contributed by atoms with van der Waals surface area (Å²) in [6, 6.07) is 0. The van der Waals surface area contributed by atoms with Crippen LogP contribution in [0.1, 0.15) is 13.8 Å². The molecule has 2 unspecified atom stereocenters. The van der Waals surface area contributed by atoms with Crippen molar-refractivity contribution in [3.05, 3.63) is 0 Å². The lowest BCUT2D eigenvalue weighted by Gasteiger charge is -2.40. The summed E-state index contributed by atoms with van der Waals surface area (Å²) < 4.78 is 10.3. The highest BCUT2D eigenvalue weighted by Crippen LogP contribution is 2.22. The molecule has 1 fully saturated rings. The van der Waals surface area contributed by atoms with Crippen LogP contribution in [0.5, 0.6) is 0 Å². The normalized spacial score (nSPS) is 42.2. The van der Waals surface area contributed by atoms with Crippen LogP contribution in [0.3, 0.4) is 0 Å². The number of ether oxygens (including phenoxy) is 2. The lowest BCUT2D eigenvalue weighted by molar-refractivity contribution is -0.308. The molecule has 1 saturated heterocycles. The summed E-state index contributed by atoms with van der Waals surface area (Å²) in [4.78, 5) is 0. The molecule has 90 valence electrons. The van der Waals surface area contributed by atoms with E-state index in [1.165, 1.54) is 0 Å². The highest BCUT2D eigenvalue weighted by molar-refractivity contribution is 4.88. The molecule has 15 heavy (non-hydrogen) atoms. The maximum absolute atomic E-state index is 9.53. The standard InChI is InChI=1S/C9H18O6/c1-4(2)14-9-8(13)7(12)6(11)5(3-10)15-9/h4-13H,3H2,1-2H3/t5?,6-,7+,8?,9-/m1/s1. The lowest BCUT2D eigenvalue weighted by atomic mass is 9.99. The summed E-state index contributed by atoms with van der Waals surface area (Å²) in [5.41, 5.74) is 0. The Labute approximate surface area is 88.1 Å². The van der Waals surface area contributed by atoms with Gasteiger partial charge in [0.2, 0.25) is 0 Å². The summed E-state index contributed by atoms with van der Waals surface area (Å²) in [7, 11) is 0. The van der Waals surface area contributed by atoms with Gasteiger partial charge in [-0.25, -0.2) is 0 Å². The van der Waals surface area contributed by atoms with Gasteiger partial charge in [0.1, 0.15) is 24.4 Å². The van der Waals surface area contributed by atoms with Crippen LogP contribution in [0.15, 0.2) is 0 Å². The number of aliphatic hydroxyl groups excluding tert-OH is 4. The number of rotatable bonds is 3. The molecule has 0 bridgehead atoms. The fraction of sp³-hybridized carbons (Fsp3) is 1.00. The van der Waals surface area contributed by atoms with Crippen LogP contribution in [0.4, 0.5) is 0 Å². The fourth-order valence-electron chi connectivity index (χ4n) is 1.45. The van der Waals surface area contributed by atoms with Crippen LogP contribution in [-0.2, 0) is 9.47 Å². The van der Waals surface area contributed by atoms with Gasteiger partial charge in [-0.05, 0) is 13.8 Å². The highest BCUT2D eigenvalue weighted by atomic mass is 16.7. The third-order valence-electron chi connectivity index (χ3n) is 2.25. The zero-order chi connectivity index (χ0) is 11.6. The van der Waals surface area contributed by atoms with Crippen LogP contribution >= 0.6 is 0 Å². The van der Waals surface area contributed by atoms with Crippen molar-refractivity contribution in [2.24, 2.45) is 0 Å². The molecular weight excluding hydrogens is 204 g/mol. The topological polar surface area (TPSA) is 99.4 Å². The Kier molecular flexibility index (Phi) is 4.45. The van der Waals surface area contributed by atoms with E-state index in [2.05, 4.69) is 0 Å². The maximum Gasteiger partial charge on any atom is 0.186 e. The number of aliphatic hydroxyl groups is 4. The molecule has 1 aliphatic heterocycles. The minimum atomic E-state index is -1.38. The minimum Gasteiger partial charge on any atom is -0.394 e. The molecule has 0 aromatic carbocycles. The van der Waals surface area contributed by atoms with Gasteiger partial charge in [0.15, 0.2) is 6.29 Å². The molecule has 0 spiro atoms. The second kappa shape index (κ2) is 5.20. The van der Waals surface area contributed by atoms with E-state index < -0.39 is 37.3 Å². The van der Waals surface area contributed by atoms with E-state index in [0.29, 0.717) is 0 Å². The van der Waals surface area contributed by atoms with Gasteiger partial charge >= 0.3 is 0 Å². The van der Waals surface area contributed by atoms with Crippen LogP contribution in [0.25, 0.3) is 0 Å². The Morgan fingerprint density at radius 2 is 1.73 bits per heavy atom. The van der Waals surface area contributed by atoms with Crippen molar-refractivity contribution in [2.45, 2.75) is 50.7 Å². The SMILES string of the molecule is CC(C)O[C@@H]1OC(CO)[C@@H](O)[C@H](O)C1O. The van der Waals surface area contributed by atoms with Gasteiger partial charge in [0, 0.05) is 0 Å². The molecule has 1 aliphatic rings. The summed E-state index contributed by atoms with van der Waals surface area (Å²) in [6.45, 7) is 3.06. The molecular formula is C9H18O6. The van der Waals surface area contributed by atoms with E-state index in [1.807, 2.05) is 0 Å². The van der Waals surface area contributed by atoms with Crippen molar-refractivity contribution < 1.29 is 29.9 Å². The van der Waals surface area contributed by atoms with E-state index in [-0.39, 0.29) is 6.10 Å². The van der Waals surface area contributed by atoms with Crippen molar-refractivity contribution in [1.29, 1.82) is 0 Å². The molecule has 0 radical (unpaired) electrons. The third kappa shape index (κ3) is 2.87. The highest BCUT2D eigenvalue weighted by Gasteiger charge is 2.44. The first-order valence-electron chi connectivity index (χ1n) is 4.93. The van der Waals surface area contributed by atoms with Crippen molar-refractivity contribution in [1.82, 2.24) is 0 Å². The van der Waals surface area contributed by atoms with Crippen molar-refractivity contribution in [3.8, 4) is 0 Å². The average molecular weight is 222 g/mol. The maximum atomic E-state index is 9.53. The van der Waals surface area contributed by atoms with Crippen LogP contribution in [0, 0.1) is 0 Å². The quantitative estimate of drug-likeness (QED) is 0.450. The molecule has 1 heterocycles. The van der Waals surface area contributed by atoms with E-state index in [0.717, 1.165) is 0 Å². The van der Waals surface area contributed by atoms with Gasteiger partial charge in [0.05, 0.1) is 12.7 Å². The molecule has 5 atom stereocenters. The molecule has 6 nitrogen and oxygen atoms in total. The Morgan fingerprint density at radius 1 is 1.13 bits per heavy atom. The predicted octanol–water partition coefficient (Wildman–Crippen LogP) is -1.79. The fourth-order valence-corrected chi connectivity index (χ4v) is 1.45. The van der Waals surface area contributed by atoms with Crippen LogP contribution in [0.2, 0.25) is 0 Å². The molecule has 0 aliphatic carbocycles. The molecule has 0 aromatic rings. The van der Waals surface area contributed by atoms with E-state index in [4.69, 9.17) is 14.6 Å². The van der Waals surface area contributed by atoms with E-state index in [1.54, 1.807) is 13.8 Å². The first-order valence-corrected chi connectivity index (χ1v) is 4.93. The Balaban J connectivity index is 2.65. The van der Waals surface area contributed by atoms with E-state index in [9.17, 15) is 15.3 Å². The molecule has 4 N–H and O–H groups in total. The molecule has 0 amide bonds. The van der Waals surface area contributed by atoms with Gasteiger partial charge in [-0.15, -0.1) is 0 Å². The lowest BCUT2D eigenvalue weighted by Crippen LogP contribution is -2.59. The second-order valence-electron chi connectivity index (χ2n) is 3.88. The summed E-state index contributed by atoms with van der Waals surface area (Å²) in [5, 5.41) is 37.3. The number of hydrogen-bond acceptors (Lipinski definition) is 6. The van der Waals surface area contributed by atoms with Crippen molar-refractivity contribution >= 4 is 0 Å². The third-order valence-corrected chi connectivity index (χ3v) is 2.25. The first-order chi connectivity index (χ1) is 6.97. The minimum absolute atomic E-state index is 0.188. The summed E-state index contributed by atoms with van der Waals surface area (Å²) in [5.74, 6) is 0. The first kappa shape index (κ1) is 12.8. The van der Waals surface area contributed by atoms with Crippen LogP contribution in [-0.4, -0.2) is 63.8 Å². The molecule has 0 aromatic heterocycles. The molecule has 6 heteroatoms. The Morgan fingerprint density at radius 3 is 2.20 bits per heavy atom. The second-order valence-corrected chi connectivity index (χ2v) is 3.88. The van der Waals surface area contributed by atoms with E-state index >= 15 is 0 Å².